The van der Waals surface area contributed by atoms with Crippen LogP contribution in [0, 0.1) is 5.95 Å². The Morgan fingerprint density at radius 2 is 2.05 bits per heavy atom. The van der Waals surface area contributed by atoms with Crippen molar-refractivity contribution < 1.29 is 14.3 Å². The van der Waals surface area contributed by atoms with Crippen molar-refractivity contribution in [1.82, 2.24) is 39.7 Å². The molecule has 1 aromatic carbocycles. The number of carboxylic acid groups (broad SMARTS) is 1. The monoisotopic (exact) mass is 533 g/mol. The van der Waals surface area contributed by atoms with Crippen LogP contribution in [0.25, 0.3) is 28.2 Å². The number of H-pyrrole nitrogens is 1. The minimum Gasteiger partial charge on any atom is -0.465 e. The topological polar surface area (TPSA) is 156 Å². The zero-order valence-electron chi connectivity index (χ0n) is 19.3. The lowest BCUT2D eigenvalue weighted by molar-refractivity contribution is 0.209. The maximum atomic E-state index is 15.0. The number of carbonyl (C=O) groups is 1. The summed E-state index contributed by atoms with van der Waals surface area (Å²) in [7, 11) is 0. The van der Waals surface area contributed by atoms with E-state index in [0.29, 0.717) is 40.2 Å². The van der Waals surface area contributed by atoms with Gasteiger partial charge in [-0.15, -0.1) is 5.10 Å². The molecule has 5 heterocycles. The summed E-state index contributed by atoms with van der Waals surface area (Å²) in [6.45, 7) is 0. The molecule has 1 amide bonds. The quantitative estimate of drug-likeness (QED) is 0.309. The highest BCUT2D eigenvalue weighted by atomic mass is 35.5. The Morgan fingerprint density at radius 3 is 2.79 bits per heavy atom. The van der Waals surface area contributed by atoms with Gasteiger partial charge in [0.25, 0.3) is 5.56 Å². The summed E-state index contributed by atoms with van der Waals surface area (Å²) >= 11 is 6.26. The predicted octanol–water partition coefficient (Wildman–Crippen LogP) is 3.69. The van der Waals surface area contributed by atoms with E-state index in [-0.39, 0.29) is 22.9 Å². The molecule has 0 radical (unpaired) electrons. The fourth-order valence-corrected chi connectivity index (χ4v) is 4.85. The van der Waals surface area contributed by atoms with Crippen molar-refractivity contribution in [3.63, 3.8) is 0 Å². The van der Waals surface area contributed by atoms with Crippen LogP contribution in [0.2, 0.25) is 5.02 Å². The first-order valence-corrected chi connectivity index (χ1v) is 11.8. The highest BCUT2D eigenvalue weighted by Crippen LogP contribution is 2.35. The molecule has 5 aromatic rings. The molecule has 0 spiro atoms. The number of benzene rings is 1. The molecule has 4 aromatic heterocycles. The van der Waals surface area contributed by atoms with E-state index in [9.17, 15) is 9.59 Å². The largest absolute Gasteiger partial charge is 0.465 e. The number of anilines is 1. The summed E-state index contributed by atoms with van der Waals surface area (Å²) in [5.74, 6) is -0.379. The number of hydrogen-bond donors (Lipinski definition) is 3. The Hall–Kier alpha value is -4.91. The van der Waals surface area contributed by atoms with Gasteiger partial charge in [-0.1, -0.05) is 11.6 Å². The third kappa shape index (κ3) is 4.18. The van der Waals surface area contributed by atoms with Gasteiger partial charge in [-0.05, 0) is 65.2 Å². The zero-order chi connectivity index (χ0) is 26.4. The van der Waals surface area contributed by atoms with E-state index in [1.165, 1.54) is 29.3 Å². The van der Waals surface area contributed by atoms with E-state index >= 15 is 4.39 Å². The number of pyridine rings is 2. The van der Waals surface area contributed by atoms with Crippen LogP contribution in [0.3, 0.4) is 0 Å². The molecule has 38 heavy (non-hydrogen) atoms. The Bertz CT molecular complexity index is 1730. The summed E-state index contributed by atoms with van der Waals surface area (Å²) in [4.78, 5) is 35.1. The van der Waals surface area contributed by atoms with Crippen LogP contribution in [-0.2, 0) is 6.42 Å². The van der Waals surface area contributed by atoms with Crippen LogP contribution >= 0.6 is 11.6 Å². The van der Waals surface area contributed by atoms with Crippen molar-refractivity contribution in [2.75, 3.05) is 5.32 Å². The predicted molar refractivity (Wildman–Crippen MR) is 134 cm³/mol. The highest BCUT2D eigenvalue weighted by Gasteiger charge is 2.30. The first-order valence-electron chi connectivity index (χ1n) is 11.4. The molecular weight excluding hydrogens is 517 g/mol. The molecule has 0 saturated heterocycles. The standard InChI is InChI=1S/C24H17ClFN9O3/c25-14-2-4-17(34-11-28-32-33-34)16(9-14)13-7-15-3-5-18(35(15)20(36)8-13)21-22(26)31-23(30-21)12-1-6-19(27-10-12)29-24(37)38/h1-2,4,6-11,18H,3,5H2,(H,27,29)(H,30,31)(H,37,38)/t18-/m0/s1. The Labute approximate surface area is 217 Å². The number of tetrazole rings is 1. The second kappa shape index (κ2) is 9.19. The van der Waals surface area contributed by atoms with Crippen LogP contribution in [0.4, 0.5) is 15.0 Å². The fraction of sp³-hybridized carbons (Fsp3) is 0.125. The van der Waals surface area contributed by atoms with E-state index in [1.54, 1.807) is 28.8 Å². The molecule has 14 heteroatoms. The summed E-state index contributed by atoms with van der Waals surface area (Å²) in [6, 6.07) is 11.0. The SMILES string of the molecule is O=C(O)Nc1ccc(-c2nc(F)c([C@@H]3CCc4cc(-c5cc(Cl)ccc5-n5cnnn5)cc(=O)n43)[nH]2)cn1. The van der Waals surface area contributed by atoms with Crippen LogP contribution in [0.5, 0.6) is 0 Å². The van der Waals surface area contributed by atoms with Crippen molar-refractivity contribution in [2.45, 2.75) is 18.9 Å². The summed E-state index contributed by atoms with van der Waals surface area (Å²) < 4.78 is 18.1. The van der Waals surface area contributed by atoms with Gasteiger partial charge in [0.1, 0.15) is 18.0 Å². The summed E-state index contributed by atoms with van der Waals surface area (Å²) in [5, 5.41) is 22.7. The lowest BCUT2D eigenvalue weighted by Gasteiger charge is -2.15. The van der Waals surface area contributed by atoms with Gasteiger partial charge in [0, 0.05) is 34.1 Å². The molecule has 1 aliphatic rings. The van der Waals surface area contributed by atoms with Gasteiger partial charge < -0.3 is 14.7 Å². The molecule has 12 nitrogen and oxygen atoms in total. The van der Waals surface area contributed by atoms with Crippen LogP contribution in [0.1, 0.15) is 23.9 Å². The van der Waals surface area contributed by atoms with Crippen LogP contribution in [0.15, 0.2) is 59.8 Å². The molecular formula is C24H17ClFN9O3. The maximum Gasteiger partial charge on any atom is 0.410 e. The van der Waals surface area contributed by atoms with E-state index in [1.807, 2.05) is 6.07 Å². The summed E-state index contributed by atoms with van der Waals surface area (Å²) in [6.07, 6.45) is 2.62. The zero-order valence-corrected chi connectivity index (χ0v) is 20.1. The Balaban J connectivity index is 1.35. The number of rotatable bonds is 5. The van der Waals surface area contributed by atoms with Gasteiger partial charge in [-0.2, -0.15) is 14.1 Å². The molecule has 0 unspecified atom stereocenters. The lowest BCUT2D eigenvalue weighted by Crippen LogP contribution is -2.24. The van der Waals surface area contributed by atoms with Crippen molar-refractivity contribution in [1.29, 1.82) is 0 Å². The number of nitrogens with zero attached hydrogens (tertiary/aromatic N) is 7. The van der Waals surface area contributed by atoms with E-state index in [2.05, 4.69) is 35.8 Å². The second-order valence-corrected chi connectivity index (χ2v) is 9.00. The van der Waals surface area contributed by atoms with Gasteiger partial charge in [0.15, 0.2) is 0 Å². The first-order chi connectivity index (χ1) is 18.4. The molecule has 3 N–H and O–H groups in total. The molecule has 1 atom stereocenters. The molecule has 0 aliphatic carbocycles. The Morgan fingerprint density at radius 1 is 1.18 bits per heavy atom. The molecule has 1 aliphatic heterocycles. The molecule has 0 saturated carbocycles. The molecule has 190 valence electrons. The average Bonchev–Trinajstić information content (AvgIpc) is 3.64. The summed E-state index contributed by atoms with van der Waals surface area (Å²) in [5.41, 5.74) is 3.05. The van der Waals surface area contributed by atoms with Crippen LogP contribution in [-0.4, -0.2) is 50.9 Å². The minimum atomic E-state index is -1.24. The number of hydrogen-bond acceptors (Lipinski definition) is 7. The number of fused-ring (bicyclic) bond motifs is 1. The number of aromatic amines is 1. The highest BCUT2D eigenvalue weighted by molar-refractivity contribution is 6.31. The number of halogens is 2. The molecule has 6 rings (SSSR count). The maximum absolute atomic E-state index is 15.0. The van der Waals surface area contributed by atoms with Crippen molar-refractivity contribution >= 4 is 23.5 Å². The normalized spacial score (nSPS) is 14.4. The third-order valence-electron chi connectivity index (χ3n) is 6.29. The van der Waals surface area contributed by atoms with Gasteiger partial charge in [0.2, 0.25) is 5.95 Å². The molecule has 0 bridgehead atoms. The van der Waals surface area contributed by atoms with Crippen molar-refractivity contribution in [3.05, 3.63) is 87.7 Å². The molecule has 0 fully saturated rings. The Kier molecular flexibility index (Phi) is 5.68. The first kappa shape index (κ1) is 23.5. The fourth-order valence-electron chi connectivity index (χ4n) is 4.68. The number of amides is 1. The average molecular weight is 534 g/mol. The number of aryl methyl sites for hydroxylation is 1. The van der Waals surface area contributed by atoms with Crippen molar-refractivity contribution in [3.8, 4) is 28.2 Å². The van der Waals surface area contributed by atoms with Crippen molar-refractivity contribution in [2.24, 2.45) is 0 Å². The number of nitrogens with one attached hydrogen (secondary N) is 2. The van der Waals surface area contributed by atoms with Gasteiger partial charge in [-0.25, -0.2) is 9.78 Å². The van der Waals surface area contributed by atoms with E-state index in [4.69, 9.17) is 16.7 Å². The minimum absolute atomic E-state index is 0.128. The number of imidazole rings is 1. The second-order valence-electron chi connectivity index (χ2n) is 8.57. The van der Waals surface area contributed by atoms with Gasteiger partial charge >= 0.3 is 6.09 Å². The van der Waals surface area contributed by atoms with E-state index < -0.39 is 18.1 Å². The van der Waals surface area contributed by atoms with Crippen LogP contribution < -0.4 is 10.9 Å². The van der Waals surface area contributed by atoms with Gasteiger partial charge in [-0.3, -0.25) is 10.1 Å². The van der Waals surface area contributed by atoms with Gasteiger partial charge in [0.05, 0.1) is 17.4 Å². The number of aromatic nitrogens is 8. The third-order valence-corrected chi connectivity index (χ3v) is 6.52. The lowest BCUT2D eigenvalue weighted by atomic mass is 10.0. The van der Waals surface area contributed by atoms with E-state index in [0.717, 1.165) is 5.69 Å². The smallest absolute Gasteiger partial charge is 0.410 e.